The van der Waals surface area contributed by atoms with Crippen LogP contribution in [0.4, 0.5) is 23.2 Å². The Morgan fingerprint density at radius 3 is 2.74 bits per heavy atom. The van der Waals surface area contributed by atoms with Gasteiger partial charge in [0.1, 0.15) is 5.82 Å². The fraction of sp³-hybridized carbons (Fsp3) is 0.348. The highest BCUT2D eigenvalue weighted by molar-refractivity contribution is 6.02. The molecule has 0 fully saturated rings. The summed E-state index contributed by atoms with van der Waals surface area (Å²) in [5.41, 5.74) is 9.85. The Morgan fingerprint density at radius 2 is 2.00 bits per heavy atom. The first kappa shape index (κ1) is 20.1. The van der Waals surface area contributed by atoms with Crippen molar-refractivity contribution in [2.24, 2.45) is 11.7 Å². The first-order valence-electron chi connectivity index (χ1n) is 10.3. The quantitative estimate of drug-likeness (QED) is 0.609. The van der Waals surface area contributed by atoms with Gasteiger partial charge in [0, 0.05) is 23.7 Å². The van der Waals surface area contributed by atoms with E-state index in [1.165, 1.54) is 6.08 Å². The largest absolute Gasteiger partial charge is 0.395 e. The molecule has 162 valence electrons. The van der Waals surface area contributed by atoms with E-state index in [4.69, 9.17) is 5.73 Å². The molecule has 2 atom stereocenters. The van der Waals surface area contributed by atoms with Gasteiger partial charge in [-0.25, -0.2) is 4.39 Å². The number of fused-ring (bicyclic) bond motifs is 4. The Bertz CT molecular complexity index is 1120. The SMILES string of the molecule is NC(=O)c1cc(F)c(-c2cccc3c2CCNC3)c2c1NC1=CC(C(F)(F)F)CCC12. The van der Waals surface area contributed by atoms with E-state index in [0.29, 0.717) is 35.5 Å². The van der Waals surface area contributed by atoms with Crippen LogP contribution in [0, 0.1) is 11.7 Å². The number of nitrogens with one attached hydrogen (secondary N) is 2. The van der Waals surface area contributed by atoms with Crippen molar-refractivity contribution in [2.45, 2.75) is 37.9 Å². The van der Waals surface area contributed by atoms with E-state index in [1.807, 2.05) is 18.2 Å². The Kier molecular flexibility index (Phi) is 4.58. The Labute approximate surface area is 176 Å². The summed E-state index contributed by atoms with van der Waals surface area (Å²) in [6, 6.07) is 6.78. The Balaban J connectivity index is 1.73. The second-order valence-electron chi connectivity index (χ2n) is 8.33. The zero-order valence-electron chi connectivity index (χ0n) is 16.6. The molecule has 5 rings (SSSR count). The number of allylic oxidation sites excluding steroid dienone is 2. The number of carbonyl (C=O) groups is 1. The summed E-state index contributed by atoms with van der Waals surface area (Å²) in [5.74, 6) is -3.41. The number of anilines is 1. The van der Waals surface area contributed by atoms with Crippen LogP contribution in [-0.4, -0.2) is 18.6 Å². The van der Waals surface area contributed by atoms with Gasteiger partial charge in [0.25, 0.3) is 5.91 Å². The Hall–Kier alpha value is -2.87. The number of rotatable bonds is 2. The summed E-state index contributed by atoms with van der Waals surface area (Å²) in [6.07, 6.45) is -2.33. The lowest BCUT2D eigenvalue weighted by Crippen LogP contribution is -2.26. The van der Waals surface area contributed by atoms with Crippen molar-refractivity contribution in [2.75, 3.05) is 11.9 Å². The zero-order chi connectivity index (χ0) is 21.9. The lowest BCUT2D eigenvalue weighted by atomic mass is 9.79. The summed E-state index contributed by atoms with van der Waals surface area (Å²) in [4.78, 5) is 12.0. The first-order valence-corrected chi connectivity index (χ1v) is 10.3. The van der Waals surface area contributed by atoms with Gasteiger partial charge in [-0.05, 0) is 54.1 Å². The molecule has 3 aliphatic rings. The molecule has 0 aromatic heterocycles. The normalized spacial score (nSPS) is 22.1. The maximum absolute atomic E-state index is 15.5. The van der Waals surface area contributed by atoms with E-state index in [9.17, 15) is 18.0 Å². The lowest BCUT2D eigenvalue weighted by molar-refractivity contribution is -0.164. The van der Waals surface area contributed by atoms with Gasteiger partial charge in [-0.3, -0.25) is 4.79 Å². The Morgan fingerprint density at radius 1 is 1.19 bits per heavy atom. The number of hydrogen-bond donors (Lipinski definition) is 3. The van der Waals surface area contributed by atoms with Crippen molar-refractivity contribution in [1.82, 2.24) is 5.32 Å². The predicted molar refractivity (Wildman–Crippen MR) is 109 cm³/mol. The number of benzene rings is 2. The third-order valence-corrected chi connectivity index (χ3v) is 6.55. The molecule has 31 heavy (non-hydrogen) atoms. The molecule has 0 bridgehead atoms. The third kappa shape index (κ3) is 3.20. The number of carbonyl (C=O) groups excluding carboxylic acids is 1. The van der Waals surface area contributed by atoms with Gasteiger partial charge in [0.05, 0.1) is 17.2 Å². The number of hydrogen-bond acceptors (Lipinski definition) is 3. The molecule has 0 saturated carbocycles. The van der Waals surface area contributed by atoms with Crippen molar-refractivity contribution in [3.05, 3.63) is 64.1 Å². The van der Waals surface area contributed by atoms with Crippen molar-refractivity contribution in [1.29, 1.82) is 0 Å². The van der Waals surface area contributed by atoms with Crippen LogP contribution >= 0.6 is 0 Å². The average molecular weight is 431 g/mol. The number of amides is 1. The van der Waals surface area contributed by atoms with Gasteiger partial charge < -0.3 is 16.4 Å². The van der Waals surface area contributed by atoms with Crippen molar-refractivity contribution in [3.8, 4) is 11.1 Å². The van der Waals surface area contributed by atoms with Crippen LogP contribution in [0.5, 0.6) is 0 Å². The summed E-state index contributed by atoms with van der Waals surface area (Å²) in [6.45, 7) is 1.43. The molecular formula is C23H21F4N3O. The van der Waals surface area contributed by atoms with Crippen LogP contribution in [0.2, 0.25) is 0 Å². The predicted octanol–water partition coefficient (Wildman–Crippen LogP) is 4.60. The van der Waals surface area contributed by atoms with Crippen LogP contribution in [-0.2, 0) is 13.0 Å². The maximum atomic E-state index is 15.5. The van der Waals surface area contributed by atoms with Crippen LogP contribution in [0.25, 0.3) is 11.1 Å². The molecule has 0 radical (unpaired) electrons. The molecule has 2 aromatic carbocycles. The van der Waals surface area contributed by atoms with E-state index in [1.54, 1.807) is 0 Å². The number of nitrogens with two attached hydrogens (primary N) is 1. The average Bonchev–Trinajstić information content (AvgIpc) is 3.11. The topological polar surface area (TPSA) is 67.2 Å². The smallest absolute Gasteiger partial charge is 0.366 e. The van der Waals surface area contributed by atoms with Gasteiger partial charge in [0.2, 0.25) is 0 Å². The molecule has 1 amide bonds. The minimum Gasteiger partial charge on any atom is -0.366 e. The summed E-state index contributed by atoms with van der Waals surface area (Å²) >= 11 is 0. The summed E-state index contributed by atoms with van der Waals surface area (Å²) < 4.78 is 55.5. The molecule has 0 spiro atoms. The van der Waals surface area contributed by atoms with E-state index in [0.717, 1.165) is 29.3 Å². The zero-order valence-corrected chi connectivity index (χ0v) is 16.6. The van der Waals surface area contributed by atoms with Gasteiger partial charge in [-0.15, -0.1) is 0 Å². The molecule has 0 saturated heterocycles. The van der Waals surface area contributed by atoms with E-state index >= 15 is 4.39 Å². The molecule has 4 N–H and O–H groups in total. The second kappa shape index (κ2) is 7.09. The number of primary amides is 1. The monoisotopic (exact) mass is 431 g/mol. The third-order valence-electron chi connectivity index (χ3n) is 6.55. The van der Waals surface area contributed by atoms with Crippen LogP contribution in [0.15, 0.2) is 36.0 Å². The fourth-order valence-corrected chi connectivity index (χ4v) is 5.14. The first-order chi connectivity index (χ1) is 14.8. The number of halogens is 4. The van der Waals surface area contributed by atoms with Crippen molar-refractivity contribution in [3.63, 3.8) is 0 Å². The van der Waals surface area contributed by atoms with E-state index < -0.39 is 29.7 Å². The summed E-state index contributed by atoms with van der Waals surface area (Å²) in [5, 5.41) is 6.28. The fourth-order valence-electron chi connectivity index (χ4n) is 5.14. The van der Waals surface area contributed by atoms with Gasteiger partial charge >= 0.3 is 6.18 Å². The molecule has 1 aliphatic carbocycles. The minimum atomic E-state index is -4.35. The second-order valence-corrected chi connectivity index (χ2v) is 8.33. The maximum Gasteiger partial charge on any atom is 0.395 e. The molecule has 2 unspecified atom stereocenters. The highest BCUT2D eigenvalue weighted by atomic mass is 19.4. The van der Waals surface area contributed by atoms with Crippen LogP contribution in [0.3, 0.4) is 0 Å². The van der Waals surface area contributed by atoms with E-state index in [2.05, 4.69) is 10.6 Å². The minimum absolute atomic E-state index is 0.0402. The molecule has 8 heteroatoms. The van der Waals surface area contributed by atoms with Gasteiger partial charge in [0.15, 0.2) is 0 Å². The molecule has 2 aliphatic heterocycles. The van der Waals surface area contributed by atoms with Crippen LogP contribution in [0.1, 0.15) is 45.8 Å². The standard InChI is InChI=1S/C23H21F4N3O/c24-17-9-16(22(28)31)21-20(15-5-4-12(23(25,26)27)8-18(15)30-21)19(17)14-3-1-2-11-10-29-7-6-13(11)14/h1-3,8-9,12,15,29-30H,4-7,10H2,(H2,28,31). The lowest BCUT2D eigenvalue weighted by Gasteiger charge is -2.27. The van der Waals surface area contributed by atoms with Crippen molar-refractivity contribution >= 4 is 11.6 Å². The van der Waals surface area contributed by atoms with Gasteiger partial charge in [-0.2, -0.15) is 13.2 Å². The summed E-state index contributed by atoms with van der Waals surface area (Å²) in [7, 11) is 0. The molecule has 2 heterocycles. The highest BCUT2D eigenvalue weighted by Crippen LogP contribution is 2.53. The number of alkyl halides is 3. The molecule has 4 nitrogen and oxygen atoms in total. The highest BCUT2D eigenvalue weighted by Gasteiger charge is 2.45. The molecular weight excluding hydrogens is 410 g/mol. The van der Waals surface area contributed by atoms with Gasteiger partial charge in [-0.1, -0.05) is 24.3 Å². The molecule has 2 aromatic rings. The van der Waals surface area contributed by atoms with E-state index in [-0.39, 0.29) is 18.4 Å². The van der Waals surface area contributed by atoms with Crippen LogP contribution < -0.4 is 16.4 Å². The van der Waals surface area contributed by atoms with Crippen molar-refractivity contribution < 1.29 is 22.4 Å².